The molecule has 0 aliphatic carbocycles. The molecule has 0 spiro atoms. The molecule has 136 valence electrons. The van der Waals surface area contributed by atoms with Crippen LogP contribution in [0.5, 0.6) is 5.75 Å². The number of ether oxygens (including phenoxy) is 1. The third kappa shape index (κ3) is 3.23. The normalized spacial score (nSPS) is 19.3. The number of nitrogen functional groups attached to an aromatic ring is 1. The van der Waals surface area contributed by atoms with Crippen molar-refractivity contribution in [1.29, 1.82) is 0 Å². The second kappa shape index (κ2) is 5.74. The molecule has 0 saturated carbocycles. The zero-order chi connectivity index (χ0) is 18.6. The third-order valence-corrected chi connectivity index (χ3v) is 6.22. The van der Waals surface area contributed by atoms with E-state index >= 15 is 0 Å². The van der Waals surface area contributed by atoms with E-state index < -0.39 is 21.7 Å². The maximum Gasteiger partial charge on any atom is 0.244 e. The first-order valence-corrected chi connectivity index (χ1v) is 9.59. The number of hydrogen-bond acceptors (Lipinski definition) is 5. The van der Waals surface area contributed by atoms with Crippen molar-refractivity contribution in [2.75, 3.05) is 5.73 Å². The van der Waals surface area contributed by atoms with Gasteiger partial charge in [-0.1, -0.05) is 0 Å². The average Bonchev–Trinajstić information content (AvgIpc) is 2.72. The molecule has 0 fully saturated rings. The smallest absolute Gasteiger partial charge is 0.244 e. The van der Waals surface area contributed by atoms with Gasteiger partial charge < -0.3 is 10.5 Å². The van der Waals surface area contributed by atoms with E-state index in [1.165, 1.54) is 0 Å². The number of nitrogens with two attached hydrogens (primary N) is 1. The molecule has 1 aliphatic rings. The summed E-state index contributed by atoms with van der Waals surface area (Å²) >= 11 is 0. The van der Waals surface area contributed by atoms with Crippen LogP contribution in [0.1, 0.15) is 43.3 Å². The van der Waals surface area contributed by atoms with Crippen molar-refractivity contribution >= 4 is 15.7 Å². The van der Waals surface area contributed by atoms with Gasteiger partial charge in [-0.2, -0.15) is 5.10 Å². The fourth-order valence-corrected chi connectivity index (χ4v) is 5.02. The Balaban J connectivity index is 2.04. The summed E-state index contributed by atoms with van der Waals surface area (Å²) in [6.07, 6.45) is 0.501. The highest BCUT2D eigenvalue weighted by molar-refractivity contribution is 7.89. The second-order valence-electron chi connectivity index (χ2n) is 7.16. The van der Waals surface area contributed by atoms with E-state index in [4.69, 9.17) is 10.5 Å². The topological polar surface area (TPSA) is 99.2 Å². The zero-order valence-corrected chi connectivity index (χ0v) is 15.9. The molecule has 0 amide bonds. The fourth-order valence-electron chi connectivity index (χ4n) is 3.37. The molecule has 1 aromatic carbocycles. The summed E-state index contributed by atoms with van der Waals surface area (Å²) in [5.41, 5.74) is 7.80. The van der Waals surface area contributed by atoms with Crippen molar-refractivity contribution in [2.45, 2.75) is 50.7 Å². The lowest BCUT2D eigenvalue weighted by atomic mass is 9.90. The number of aromatic nitrogens is 2. The Morgan fingerprint density at radius 3 is 2.64 bits per heavy atom. The van der Waals surface area contributed by atoms with Gasteiger partial charge in [0.15, 0.2) is 0 Å². The Morgan fingerprint density at radius 1 is 1.36 bits per heavy atom. The molecule has 2 heterocycles. The Kier molecular flexibility index (Phi) is 4.08. The minimum absolute atomic E-state index is 0.227. The van der Waals surface area contributed by atoms with Gasteiger partial charge in [0.1, 0.15) is 16.2 Å². The Bertz CT molecular complexity index is 932. The number of nitrogens with one attached hydrogen (secondary N) is 1. The zero-order valence-electron chi connectivity index (χ0n) is 15.1. The van der Waals surface area contributed by atoms with Gasteiger partial charge in [-0.3, -0.25) is 4.68 Å². The lowest BCUT2D eigenvalue weighted by molar-refractivity contribution is 0.0702. The molecule has 0 bridgehead atoms. The van der Waals surface area contributed by atoms with Crippen LogP contribution < -0.4 is 15.2 Å². The van der Waals surface area contributed by atoms with Gasteiger partial charge in [-0.05, 0) is 45.9 Å². The number of rotatable bonds is 3. The van der Waals surface area contributed by atoms with Gasteiger partial charge in [0.2, 0.25) is 10.0 Å². The van der Waals surface area contributed by atoms with E-state index in [1.807, 2.05) is 13.8 Å². The van der Waals surface area contributed by atoms with E-state index in [-0.39, 0.29) is 4.90 Å². The van der Waals surface area contributed by atoms with Crippen LogP contribution in [0.25, 0.3) is 0 Å². The monoisotopic (exact) mass is 364 g/mol. The van der Waals surface area contributed by atoms with E-state index in [1.54, 1.807) is 43.8 Å². The highest BCUT2D eigenvalue weighted by atomic mass is 32.2. The van der Waals surface area contributed by atoms with Crippen molar-refractivity contribution in [3.63, 3.8) is 0 Å². The minimum atomic E-state index is -3.74. The van der Waals surface area contributed by atoms with Crippen LogP contribution >= 0.6 is 0 Å². The summed E-state index contributed by atoms with van der Waals surface area (Å²) in [7, 11) is -2.00. The SMILES string of the molecule is Cc1nn(C)c(C)c1S(=O)(=O)NC1CC(C)(C)Oc2ccc(N)cc21. The van der Waals surface area contributed by atoms with Crippen LogP contribution in [0.2, 0.25) is 0 Å². The lowest BCUT2D eigenvalue weighted by Crippen LogP contribution is -2.41. The van der Waals surface area contributed by atoms with Crippen LogP contribution in [0.4, 0.5) is 5.69 Å². The molecule has 2 aromatic rings. The fraction of sp³-hybridized carbons (Fsp3) is 0.471. The summed E-state index contributed by atoms with van der Waals surface area (Å²) in [4.78, 5) is 0.227. The van der Waals surface area contributed by atoms with E-state index in [2.05, 4.69) is 9.82 Å². The summed E-state index contributed by atoms with van der Waals surface area (Å²) in [6.45, 7) is 7.32. The standard InChI is InChI=1S/C17H24N4O3S/c1-10-16(11(2)21(5)19-10)25(22,23)20-14-9-17(3,4)24-15-7-6-12(18)8-13(14)15/h6-8,14,20H,9,18H2,1-5H3. The molecule has 25 heavy (non-hydrogen) atoms. The predicted molar refractivity (Wildman–Crippen MR) is 95.9 cm³/mol. The molecule has 0 saturated heterocycles. The number of sulfonamides is 1. The van der Waals surface area contributed by atoms with Crippen LogP contribution in [0, 0.1) is 13.8 Å². The second-order valence-corrected chi connectivity index (χ2v) is 8.81. The first-order valence-electron chi connectivity index (χ1n) is 8.11. The van der Waals surface area contributed by atoms with Gasteiger partial charge >= 0.3 is 0 Å². The molecule has 8 heteroatoms. The Hall–Kier alpha value is -2.06. The summed E-state index contributed by atoms with van der Waals surface area (Å²) < 4.78 is 36.4. The molecular formula is C17H24N4O3S. The number of nitrogens with zero attached hydrogens (tertiary/aromatic N) is 2. The quantitative estimate of drug-likeness (QED) is 0.814. The molecule has 1 atom stereocenters. The highest BCUT2D eigenvalue weighted by Crippen LogP contribution is 2.41. The van der Waals surface area contributed by atoms with E-state index in [0.29, 0.717) is 29.2 Å². The van der Waals surface area contributed by atoms with Crippen LogP contribution in [-0.4, -0.2) is 23.8 Å². The number of hydrogen-bond donors (Lipinski definition) is 2. The molecule has 1 aromatic heterocycles. The first kappa shape index (κ1) is 17.8. The highest BCUT2D eigenvalue weighted by Gasteiger charge is 2.37. The third-order valence-electron chi connectivity index (χ3n) is 4.50. The molecule has 0 radical (unpaired) electrons. The summed E-state index contributed by atoms with van der Waals surface area (Å²) in [5.74, 6) is 0.651. The van der Waals surface area contributed by atoms with Crippen molar-refractivity contribution in [3.05, 3.63) is 35.2 Å². The number of benzene rings is 1. The molecule has 7 nitrogen and oxygen atoms in total. The number of fused-ring (bicyclic) bond motifs is 1. The maximum atomic E-state index is 13.0. The molecule has 1 aliphatic heterocycles. The Morgan fingerprint density at radius 2 is 2.04 bits per heavy atom. The van der Waals surface area contributed by atoms with E-state index in [0.717, 1.165) is 5.56 Å². The maximum absolute atomic E-state index is 13.0. The van der Waals surface area contributed by atoms with Crippen molar-refractivity contribution < 1.29 is 13.2 Å². The largest absolute Gasteiger partial charge is 0.487 e. The first-order chi connectivity index (χ1) is 11.5. The number of aryl methyl sites for hydroxylation is 2. The van der Waals surface area contributed by atoms with Crippen molar-refractivity contribution in [2.24, 2.45) is 7.05 Å². The predicted octanol–water partition coefficient (Wildman–Crippen LogP) is 2.20. The summed E-state index contributed by atoms with van der Waals surface area (Å²) in [6, 6.07) is 4.88. The average molecular weight is 364 g/mol. The molecule has 3 rings (SSSR count). The molecular weight excluding hydrogens is 340 g/mol. The van der Waals surface area contributed by atoms with Gasteiger partial charge in [0.05, 0.1) is 17.4 Å². The van der Waals surface area contributed by atoms with Crippen molar-refractivity contribution in [3.8, 4) is 5.75 Å². The van der Waals surface area contributed by atoms with Gasteiger partial charge in [-0.15, -0.1) is 0 Å². The summed E-state index contributed by atoms with van der Waals surface area (Å²) in [5, 5.41) is 4.21. The molecule has 3 N–H and O–H groups in total. The van der Waals surface area contributed by atoms with Crippen LogP contribution in [0.15, 0.2) is 23.1 Å². The Labute approximate surface area is 148 Å². The van der Waals surface area contributed by atoms with Gasteiger partial charge in [0, 0.05) is 24.7 Å². The van der Waals surface area contributed by atoms with Gasteiger partial charge in [0.25, 0.3) is 0 Å². The van der Waals surface area contributed by atoms with Crippen LogP contribution in [0.3, 0.4) is 0 Å². The lowest BCUT2D eigenvalue weighted by Gasteiger charge is -2.37. The van der Waals surface area contributed by atoms with Crippen molar-refractivity contribution in [1.82, 2.24) is 14.5 Å². The van der Waals surface area contributed by atoms with E-state index in [9.17, 15) is 8.42 Å². The van der Waals surface area contributed by atoms with Crippen LogP contribution in [-0.2, 0) is 17.1 Å². The molecule has 1 unspecified atom stereocenters. The minimum Gasteiger partial charge on any atom is -0.487 e. The number of anilines is 1. The van der Waals surface area contributed by atoms with Gasteiger partial charge in [-0.25, -0.2) is 13.1 Å².